The first kappa shape index (κ1) is 12.8. The Morgan fingerprint density at radius 3 is 2.40 bits per heavy atom. The maximum absolute atomic E-state index is 11.7. The molecule has 0 aliphatic rings. The zero-order chi connectivity index (χ0) is 11.6. The van der Waals surface area contributed by atoms with Crippen molar-refractivity contribution in [1.29, 1.82) is 0 Å². The van der Waals surface area contributed by atoms with Gasteiger partial charge >= 0.3 is 0 Å². The Morgan fingerprint density at radius 1 is 1.27 bits per heavy atom. The van der Waals surface area contributed by atoms with Crippen molar-refractivity contribution in [2.45, 2.75) is 18.7 Å². The third-order valence-electron chi connectivity index (χ3n) is 1.84. The van der Waals surface area contributed by atoms with Crippen LogP contribution in [-0.4, -0.2) is 15.0 Å². The van der Waals surface area contributed by atoms with Gasteiger partial charge in [-0.3, -0.25) is 0 Å². The molecule has 3 nitrogen and oxygen atoms in total. The Morgan fingerprint density at radius 2 is 1.87 bits per heavy atom. The van der Waals surface area contributed by atoms with Crippen LogP contribution in [0.15, 0.2) is 17.0 Å². The fraction of sp³-hybridized carbons (Fsp3) is 0.333. The summed E-state index contributed by atoms with van der Waals surface area (Å²) in [6, 6.07) is 2.89. The summed E-state index contributed by atoms with van der Waals surface area (Å²) in [6.07, 6.45) is 0. The molecule has 0 atom stereocenters. The van der Waals surface area contributed by atoms with Gasteiger partial charge in [0.1, 0.15) is 4.90 Å². The summed E-state index contributed by atoms with van der Waals surface area (Å²) in [5, 5.41) is 0.564. The molecule has 0 aliphatic carbocycles. The fourth-order valence-corrected chi connectivity index (χ4v) is 2.98. The van der Waals surface area contributed by atoms with Gasteiger partial charge in [-0.2, -0.15) is 0 Å². The predicted octanol–water partition coefficient (Wildman–Crippen LogP) is 2.60. The Bertz CT molecular complexity index is 471. The molecule has 0 heterocycles. The van der Waals surface area contributed by atoms with E-state index in [-0.39, 0.29) is 9.92 Å². The monoisotopic (exact) mass is 267 g/mol. The molecule has 0 aromatic heterocycles. The summed E-state index contributed by atoms with van der Waals surface area (Å²) in [5.74, 6) is 0. The van der Waals surface area contributed by atoms with Crippen LogP contribution in [0.5, 0.6) is 0 Å². The lowest BCUT2D eigenvalue weighted by Gasteiger charge is -2.08. The average Bonchev–Trinajstić information content (AvgIpc) is 2.11. The van der Waals surface area contributed by atoms with Crippen LogP contribution in [0.25, 0.3) is 0 Å². The van der Waals surface area contributed by atoms with Crippen molar-refractivity contribution in [2.24, 2.45) is 0 Å². The number of nitrogens with one attached hydrogen (secondary N) is 1. The van der Waals surface area contributed by atoms with Crippen LogP contribution >= 0.6 is 23.2 Å². The molecule has 6 heteroatoms. The van der Waals surface area contributed by atoms with E-state index in [2.05, 4.69) is 4.72 Å². The second-order valence-electron chi connectivity index (χ2n) is 3.03. The molecule has 0 unspecified atom stereocenters. The highest BCUT2D eigenvalue weighted by Gasteiger charge is 2.18. The standard InChI is InChI=1S/C9H11Cl2NO2S/c1-3-12-15(13,14)9-5-7(10)6(2)4-8(9)11/h4-5,12H,3H2,1-2H3. The molecule has 1 rings (SSSR count). The molecule has 0 spiro atoms. The molecular formula is C9H11Cl2NO2S. The van der Waals surface area contributed by atoms with Gasteiger partial charge in [0.15, 0.2) is 0 Å². The van der Waals surface area contributed by atoms with Gasteiger partial charge in [0.05, 0.1) is 5.02 Å². The maximum atomic E-state index is 11.7. The molecule has 84 valence electrons. The van der Waals surface area contributed by atoms with E-state index in [1.54, 1.807) is 13.8 Å². The summed E-state index contributed by atoms with van der Waals surface area (Å²) < 4.78 is 25.7. The highest BCUT2D eigenvalue weighted by atomic mass is 35.5. The lowest BCUT2D eigenvalue weighted by molar-refractivity contribution is 0.584. The van der Waals surface area contributed by atoms with Crippen molar-refractivity contribution < 1.29 is 8.42 Å². The number of sulfonamides is 1. The molecule has 0 fully saturated rings. The molecule has 15 heavy (non-hydrogen) atoms. The van der Waals surface area contributed by atoms with Crippen LogP contribution in [0.2, 0.25) is 10.0 Å². The smallest absolute Gasteiger partial charge is 0.211 e. The summed E-state index contributed by atoms with van der Waals surface area (Å²) in [4.78, 5) is 0.0154. The van der Waals surface area contributed by atoms with E-state index in [0.717, 1.165) is 5.56 Å². The van der Waals surface area contributed by atoms with E-state index >= 15 is 0 Å². The van der Waals surface area contributed by atoms with Gasteiger partial charge < -0.3 is 0 Å². The van der Waals surface area contributed by atoms with E-state index in [0.29, 0.717) is 11.6 Å². The van der Waals surface area contributed by atoms with Crippen molar-refractivity contribution in [3.63, 3.8) is 0 Å². The number of halogens is 2. The maximum Gasteiger partial charge on any atom is 0.242 e. The topological polar surface area (TPSA) is 46.2 Å². The van der Waals surface area contributed by atoms with E-state index in [9.17, 15) is 8.42 Å². The van der Waals surface area contributed by atoms with Gasteiger partial charge in [-0.1, -0.05) is 30.1 Å². The number of hydrogen-bond acceptors (Lipinski definition) is 2. The van der Waals surface area contributed by atoms with Crippen LogP contribution in [0.3, 0.4) is 0 Å². The molecule has 0 aliphatic heterocycles. The minimum absolute atomic E-state index is 0.0154. The largest absolute Gasteiger partial charge is 0.242 e. The van der Waals surface area contributed by atoms with Crippen molar-refractivity contribution in [1.82, 2.24) is 4.72 Å². The Labute approximate surface area is 99.4 Å². The Kier molecular flexibility index (Phi) is 4.00. The van der Waals surface area contributed by atoms with Gasteiger partial charge in [0, 0.05) is 11.6 Å². The molecule has 0 saturated carbocycles. The third kappa shape index (κ3) is 2.84. The van der Waals surface area contributed by atoms with Gasteiger partial charge in [0.2, 0.25) is 10.0 Å². The quantitative estimate of drug-likeness (QED) is 0.915. The highest BCUT2D eigenvalue weighted by Crippen LogP contribution is 2.27. The summed E-state index contributed by atoms with van der Waals surface area (Å²) in [7, 11) is -3.55. The number of rotatable bonds is 3. The first-order valence-electron chi connectivity index (χ1n) is 4.33. The van der Waals surface area contributed by atoms with Crippen LogP contribution < -0.4 is 4.72 Å². The first-order valence-corrected chi connectivity index (χ1v) is 6.57. The van der Waals surface area contributed by atoms with Crippen molar-refractivity contribution in [3.8, 4) is 0 Å². The van der Waals surface area contributed by atoms with Crippen molar-refractivity contribution >= 4 is 33.2 Å². The molecule has 1 aromatic carbocycles. The van der Waals surface area contributed by atoms with E-state index in [1.165, 1.54) is 12.1 Å². The van der Waals surface area contributed by atoms with E-state index in [1.807, 2.05) is 0 Å². The number of aryl methyl sites for hydroxylation is 1. The fourth-order valence-electron chi connectivity index (χ4n) is 1.10. The van der Waals surface area contributed by atoms with Crippen LogP contribution in [0.4, 0.5) is 0 Å². The third-order valence-corrected chi connectivity index (χ3v) is 4.25. The molecule has 1 N–H and O–H groups in total. The predicted molar refractivity (Wildman–Crippen MR) is 62.1 cm³/mol. The summed E-state index contributed by atoms with van der Waals surface area (Å²) in [6.45, 7) is 3.77. The minimum Gasteiger partial charge on any atom is -0.211 e. The Hall–Kier alpha value is -0.290. The minimum atomic E-state index is -3.55. The summed E-state index contributed by atoms with van der Waals surface area (Å²) in [5.41, 5.74) is 0.747. The second kappa shape index (κ2) is 4.70. The second-order valence-corrected chi connectivity index (χ2v) is 5.58. The number of benzene rings is 1. The molecule has 0 radical (unpaired) electrons. The lowest BCUT2D eigenvalue weighted by Crippen LogP contribution is -2.23. The van der Waals surface area contributed by atoms with Crippen LogP contribution in [-0.2, 0) is 10.0 Å². The van der Waals surface area contributed by atoms with Gasteiger partial charge in [-0.15, -0.1) is 0 Å². The Balaban J connectivity index is 3.33. The van der Waals surface area contributed by atoms with Crippen LogP contribution in [0.1, 0.15) is 12.5 Å². The van der Waals surface area contributed by atoms with Crippen molar-refractivity contribution in [3.05, 3.63) is 27.7 Å². The zero-order valence-corrected chi connectivity index (χ0v) is 10.7. The van der Waals surface area contributed by atoms with Gasteiger partial charge in [-0.05, 0) is 24.6 Å². The van der Waals surface area contributed by atoms with Crippen molar-refractivity contribution in [2.75, 3.05) is 6.54 Å². The van der Waals surface area contributed by atoms with E-state index < -0.39 is 10.0 Å². The normalized spacial score (nSPS) is 11.7. The first-order chi connectivity index (χ1) is 6.88. The zero-order valence-electron chi connectivity index (χ0n) is 8.34. The molecule has 0 saturated heterocycles. The highest BCUT2D eigenvalue weighted by molar-refractivity contribution is 7.89. The molecular weight excluding hydrogens is 257 g/mol. The SMILES string of the molecule is CCNS(=O)(=O)c1cc(Cl)c(C)cc1Cl. The number of hydrogen-bond donors (Lipinski definition) is 1. The molecule has 0 amide bonds. The summed E-state index contributed by atoms with van der Waals surface area (Å²) >= 11 is 11.7. The van der Waals surface area contributed by atoms with Gasteiger partial charge in [0.25, 0.3) is 0 Å². The van der Waals surface area contributed by atoms with Gasteiger partial charge in [-0.25, -0.2) is 13.1 Å². The van der Waals surface area contributed by atoms with E-state index in [4.69, 9.17) is 23.2 Å². The molecule has 1 aromatic rings. The molecule has 0 bridgehead atoms. The average molecular weight is 268 g/mol. The van der Waals surface area contributed by atoms with Crippen LogP contribution in [0, 0.1) is 6.92 Å². The lowest BCUT2D eigenvalue weighted by atomic mass is 10.2.